The molecule has 1 aliphatic rings. The summed E-state index contributed by atoms with van der Waals surface area (Å²) in [5.74, 6) is -0.321. The average molecular weight is 376 g/mol. The number of aryl methyl sites for hydroxylation is 1. The molecule has 0 aliphatic carbocycles. The number of rotatable bonds is 5. The van der Waals surface area contributed by atoms with Crippen LogP contribution < -0.4 is 4.90 Å². The van der Waals surface area contributed by atoms with Gasteiger partial charge in [0.2, 0.25) is 5.91 Å². The molecule has 4 rings (SSSR count). The number of carbonyl (C=O) groups excluding carboxylic acids is 2. The lowest BCUT2D eigenvalue weighted by Gasteiger charge is -2.18. The van der Waals surface area contributed by atoms with Crippen LogP contribution in [-0.4, -0.2) is 23.6 Å². The number of ether oxygens (including phenoxy) is 1. The van der Waals surface area contributed by atoms with Gasteiger partial charge in [-0.1, -0.05) is 53.7 Å². The first-order chi connectivity index (χ1) is 13.6. The molecular formula is C22H20N2O4. The van der Waals surface area contributed by atoms with Crippen molar-refractivity contribution in [3.8, 4) is 11.3 Å². The first-order valence-corrected chi connectivity index (χ1v) is 9.15. The number of aromatic nitrogens is 1. The number of hydrogen-bond acceptors (Lipinski definition) is 5. The van der Waals surface area contributed by atoms with Crippen LogP contribution in [0.5, 0.6) is 0 Å². The summed E-state index contributed by atoms with van der Waals surface area (Å²) < 4.78 is 10.7. The van der Waals surface area contributed by atoms with E-state index in [1.807, 2.05) is 61.5 Å². The van der Waals surface area contributed by atoms with Crippen molar-refractivity contribution >= 4 is 17.6 Å². The van der Waals surface area contributed by atoms with Crippen molar-refractivity contribution in [3.63, 3.8) is 0 Å². The zero-order valence-corrected chi connectivity index (χ0v) is 15.5. The Balaban J connectivity index is 1.37. The highest BCUT2D eigenvalue weighted by atomic mass is 16.5. The molecule has 1 amide bonds. The van der Waals surface area contributed by atoms with Gasteiger partial charge >= 0.3 is 5.97 Å². The normalized spacial score (nSPS) is 16.4. The van der Waals surface area contributed by atoms with E-state index in [1.54, 1.807) is 11.0 Å². The summed E-state index contributed by atoms with van der Waals surface area (Å²) in [4.78, 5) is 26.5. The lowest BCUT2D eigenvalue weighted by Crippen LogP contribution is -2.27. The molecule has 1 unspecified atom stereocenters. The van der Waals surface area contributed by atoms with Gasteiger partial charge in [-0.25, -0.2) is 0 Å². The summed E-state index contributed by atoms with van der Waals surface area (Å²) in [5.41, 5.74) is 3.28. The highest BCUT2D eigenvalue weighted by molar-refractivity contribution is 6.00. The maximum absolute atomic E-state index is 12.4. The summed E-state index contributed by atoms with van der Waals surface area (Å²) in [7, 11) is 0. The van der Waals surface area contributed by atoms with Gasteiger partial charge in [0.1, 0.15) is 12.3 Å². The Morgan fingerprint density at radius 2 is 1.93 bits per heavy atom. The van der Waals surface area contributed by atoms with E-state index in [9.17, 15) is 9.59 Å². The Labute approximate surface area is 162 Å². The number of anilines is 1. The van der Waals surface area contributed by atoms with Gasteiger partial charge in [0.15, 0.2) is 5.76 Å². The molecule has 6 heteroatoms. The molecule has 0 N–H and O–H groups in total. The van der Waals surface area contributed by atoms with Gasteiger partial charge in [0.25, 0.3) is 0 Å². The summed E-state index contributed by atoms with van der Waals surface area (Å²) in [6.45, 7) is 2.30. The maximum atomic E-state index is 12.4. The van der Waals surface area contributed by atoms with Gasteiger partial charge in [-0.15, -0.1) is 0 Å². The second-order valence-corrected chi connectivity index (χ2v) is 6.85. The number of para-hydroxylation sites is 1. The monoisotopic (exact) mass is 376 g/mol. The first kappa shape index (κ1) is 18.0. The van der Waals surface area contributed by atoms with Crippen molar-refractivity contribution in [2.75, 3.05) is 11.4 Å². The topological polar surface area (TPSA) is 72.6 Å². The minimum atomic E-state index is -0.479. The van der Waals surface area contributed by atoms with Crippen molar-refractivity contribution in [2.24, 2.45) is 5.92 Å². The Kier molecular flexibility index (Phi) is 4.93. The molecule has 1 saturated heterocycles. The van der Waals surface area contributed by atoms with E-state index in [1.165, 1.54) is 0 Å². The van der Waals surface area contributed by atoms with Crippen LogP contribution in [0, 0.1) is 12.8 Å². The molecule has 0 spiro atoms. The van der Waals surface area contributed by atoms with E-state index in [4.69, 9.17) is 9.26 Å². The van der Waals surface area contributed by atoms with E-state index in [0.29, 0.717) is 18.0 Å². The molecule has 2 aromatic carbocycles. The van der Waals surface area contributed by atoms with Crippen molar-refractivity contribution in [1.82, 2.24) is 5.16 Å². The second kappa shape index (κ2) is 7.68. The fourth-order valence-corrected chi connectivity index (χ4v) is 3.35. The highest BCUT2D eigenvalue weighted by Gasteiger charge is 2.36. The summed E-state index contributed by atoms with van der Waals surface area (Å²) in [6, 6.07) is 19.0. The Morgan fingerprint density at radius 3 is 2.71 bits per heavy atom. The highest BCUT2D eigenvalue weighted by Crippen LogP contribution is 2.28. The predicted octanol–water partition coefficient (Wildman–Crippen LogP) is 3.75. The van der Waals surface area contributed by atoms with E-state index in [-0.39, 0.29) is 18.9 Å². The zero-order chi connectivity index (χ0) is 19.5. The molecule has 0 saturated carbocycles. The first-order valence-electron chi connectivity index (χ1n) is 9.15. The Hall–Kier alpha value is -3.41. The minimum absolute atomic E-state index is 0.0181. The number of nitrogens with zero attached hydrogens (tertiary/aromatic N) is 2. The summed E-state index contributed by atoms with van der Waals surface area (Å²) in [5, 5.41) is 3.95. The van der Waals surface area contributed by atoms with Crippen LogP contribution >= 0.6 is 0 Å². The third-order valence-corrected chi connectivity index (χ3v) is 4.84. The quantitative estimate of drug-likeness (QED) is 0.634. The number of amides is 1. The third kappa shape index (κ3) is 3.67. The number of esters is 1. The molecule has 1 atom stereocenters. The van der Waals surface area contributed by atoms with Gasteiger partial charge < -0.3 is 14.2 Å². The standard InChI is InChI=1S/C22H20N2O4/c1-15-7-5-6-10-19(15)24-13-17(11-21(24)25)22(26)27-14-18-12-20(28-23-18)16-8-3-2-4-9-16/h2-10,12,17H,11,13-14H2,1H3. The van der Waals surface area contributed by atoms with Gasteiger partial charge in [-0.05, 0) is 18.6 Å². The fraction of sp³-hybridized carbons (Fsp3) is 0.227. The molecule has 6 nitrogen and oxygen atoms in total. The van der Waals surface area contributed by atoms with Crippen LogP contribution in [0.4, 0.5) is 5.69 Å². The zero-order valence-electron chi connectivity index (χ0n) is 15.5. The molecule has 1 fully saturated rings. The van der Waals surface area contributed by atoms with Gasteiger partial charge in [0, 0.05) is 30.3 Å². The molecule has 0 radical (unpaired) electrons. The smallest absolute Gasteiger partial charge is 0.311 e. The van der Waals surface area contributed by atoms with E-state index in [0.717, 1.165) is 16.8 Å². The van der Waals surface area contributed by atoms with Crippen LogP contribution in [0.15, 0.2) is 65.2 Å². The molecule has 142 valence electrons. The molecule has 1 aromatic heterocycles. The number of benzene rings is 2. The fourth-order valence-electron chi connectivity index (χ4n) is 3.35. The summed E-state index contributed by atoms with van der Waals surface area (Å²) in [6.07, 6.45) is 0.154. The molecule has 1 aliphatic heterocycles. The lowest BCUT2D eigenvalue weighted by molar-refractivity contribution is -0.149. The molecule has 28 heavy (non-hydrogen) atoms. The van der Waals surface area contributed by atoms with E-state index in [2.05, 4.69) is 5.16 Å². The van der Waals surface area contributed by atoms with Crippen LogP contribution in [0.25, 0.3) is 11.3 Å². The van der Waals surface area contributed by atoms with Crippen molar-refractivity contribution in [3.05, 3.63) is 71.9 Å². The van der Waals surface area contributed by atoms with Crippen LogP contribution in [0.1, 0.15) is 17.7 Å². The molecule has 3 aromatic rings. The van der Waals surface area contributed by atoms with Crippen molar-refractivity contribution in [2.45, 2.75) is 20.0 Å². The predicted molar refractivity (Wildman–Crippen MR) is 103 cm³/mol. The second-order valence-electron chi connectivity index (χ2n) is 6.85. The van der Waals surface area contributed by atoms with Crippen molar-refractivity contribution in [1.29, 1.82) is 0 Å². The van der Waals surface area contributed by atoms with Gasteiger partial charge in [-0.3, -0.25) is 9.59 Å². The molecule has 2 heterocycles. The number of hydrogen-bond donors (Lipinski definition) is 0. The van der Waals surface area contributed by atoms with Crippen LogP contribution in [-0.2, 0) is 20.9 Å². The van der Waals surface area contributed by atoms with Crippen LogP contribution in [0.3, 0.4) is 0 Å². The largest absolute Gasteiger partial charge is 0.459 e. The molecular weight excluding hydrogens is 356 g/mol. The SMILES string of the molecule is Cc1ccccc1N1CC(C(=O)OCc2cc(-c3ccccc3)on2)CC1=O. The Bertz CT molecular complexity index is 997. The van der Waals surface area contributed by atoms with Gasteiger partial charge in [0.05, 0.1) is 5.92 Å². The maximum Gasteiger partial charge on any atom is 0.311 e. The average Bonchev–Trinajstić information content (AvgIpc) is 3.34. The van der Waals surface area contributed by atoms with E-state index < -0.39 is 11.9 Å². The third-order valence-electron chi connectivity index (χ3n) is 4.84. The van der Waals surface area contributed by atoms with Gasteiger partial charge in [-0.2, -0.15) is 0 Å². The minimum Gasteiger partial charge on any atom is -0.459 e. The van der Waals surface area contributed by atoms with Crippen molar-refractivity contribution < 1.29 is 18.8 Å². The lowest BCUT2D eigenvalue weighted by atomic mass is 10.1. The Morgan fingerprint density at radius 1 is 1.18 bits per heavy atom. The molecule has 0 bridgehead atoms. The van der Waals surface area contributed by atoms with Crippen LogP contribution in [0.2, 0.25) is 0 Å². The summed E-state index contributed by atoms with van der Waals surface area (Å²) >= 11 is 0. The van der Waals surface area contributed by atoms with E-state index >= 15 is 0 Å². The number of carbonyl (C=O) groups is 2.